The minimum atomic E-state index is -0.826. The van der Waals surface area contributed by atoms with E-state index in [0.717, 1.165) is 15.6 Å². The molecule has 2 rings (SSSR count). The lowest BCUT2D eigenvalue weighted by Gasteiger charge is -2.13. The van der Waals surface area contributed by atoms with Gasteiger partial charge in [-0.2, -0.15) is 0 Å². The standard InChI is InChI=1S/C15H14BrNO2/c16-12-5-1-10(2-6-12)9-14(15(18)19)11-3-7-13(17)8-4-11/h1-8,14H,9,17H2,(H,18,19)/t14-/m1/s1. The van der Waals surface area contributed by atoms with Gasteiger partial charge in [-0.15, -0.1) is 0 Å². The largest absolute Gasteiger partial charge is 0.481 e. The van der Waals surface area contributed by atoms with Gasteiger partial charge in [0.25, 0.3) is 0 Å². The number of carboxylic acid groups (broad SMARTS) is 1. The minimum Gasteiger partial charge on any atom is -0.481 e. The molecule has 0 spiro atoms. The van der Waals surface area contributed by atoms with Crippen LogP contribution in [0, 0.1) is 0 Å². The first-order valence-corrected chi connectivity index (χ1v) is 6.68. The van der Waals surface area contributed by atoms with Crippen molar-refractivity contribution < 1.29 is 9.90 Å². The number of hydrogen-bond donors (Lipinski definition) is 2. The fourth-order valence-electron chi connectivity index (χ4n) is 1.93. The molecule has 0 fully saturated rings. The highest BCUT2D eigenvalue weighted by molar-refractivity contribution is 9.10. The van der Waals surface area contributed by atoms with E-state index in [1.54, 1.807) is 24.3 Å². The molecule has 98 valence electrons. The van der Waals surface area contributed by atoms with E-state index in [1.807, 2.05) is 24.3 Å². The molecule has 0 aromatic heterocycles. The highest BCUT2D eigenvalue weighted by Gasteiger charge is 2.20. The molecule has 2 aromatic rings. The predicted molar refractivity (Wildman–Crippen MR) is 79.1 cm³/mol. The average Bonchev–Trinajstić information content (AvgIpc) is 2.39. The van der Waals surface area contributed by atoms with Gasteiger partial charge in [0.2, 0.25) is 0 Å². The number of anilines is 1. The Morgan fingerprint density at radius 1 is 1.11 bits per heavy atom. The summed E-state index contributed by atoms with van der Waals surface area (Å²) in [5, 5.41) is 9.37. The summed E-state index contributed by atoms with van der Waals surface area (Å²) in [4.78, 5) is 11.4. The van der Waals surface area contributed by atoms with Gasteiger partial charge in [0.05, 0.1) is 5.92 Å². The maximum absolute atomic E-state index is 11.4. The third-order valence-corrected chi connectivity index (χ3v) is 3.52. The summed E-state index contributed by atoms with van der Waals surface area (Å²) < 4.78 is 0.982. The molecule has 0 unspecified atom stereocenters. The van der Waals surface area contributed by atoms with E-state index in [-0.39, 0.29) is 0 Å². The zero-order valence-corrected chi connectivity index (χ0v) is 11.8. The topological polar surface area (TPSA) is 63.3 Å². The summed E-state index contributed by atoms with van der Waals surface area (Å²) in [7, 11) is 0. The van der Waals surface area contributed by atoms with Crippen LogP contribution in [-0.4, -0.2) is 11.1 Å². The van der Waals surface area contributed by atoms with Crippen LogP contribution in [-0.2, 0) is 11.2 Å². The first-order valence-electron chi connectivity index (χ1n) is 5.89. The zero-order valence-electron chi connectivity index (χ0n) is 10.2. The van der Waals surface area contributed by atoms with Crippen LogP contribution in [0.5, 0.6) is 0 Å². The molecule has 19 heavy (non-hydrogen) atoms. The molecule has 4 heteroatoms. The summed E-state index contributed by atoms with van der Waals surface area (Å²) in [5.74, 6) is -1.38. The van der Waals surface area contributed by atoms with Gasteiger partial charge in [0.1, 0.15) is 0 Å². The van der Waals surface area contributed by atoms with E-state index in [4.69, 9.17) is 5.73 Å². The van der Waals surface area contributed by atoms with E-state index in [9.17, 15) is 9.90 Å². The fourth-order valence-corrected chi connectivity index (χ4v) is 2.20. The number of carbonyl (C=O) groups is 1. The molecule has 0 aliphatic heterocycles. The maximum atomic E-state index is 11.4. The van der Waals surface area contributed by atoms with E-state index in [1.165, 1.54) is 0 Å². The van der Waals surface area contributed by atoms with Crippen molar-refractivity contribution in [1.82, 2.24) is 0 Å². The first-order chi connectivity index (χ1) is 9.06. The average molecular weight is 320 g/mol. The Hall–Kier alpha value is -1.81. The van der Waals surface area contributed by atoms with Gasteiger partial charge < -0.3 is 10.8 Å². The molecule has 0 amide bonds. The summed E-state index contributed by atoms with van der Waals surface area (Å²) in [6.07, 6.45) is 0.465. The van der Waals surface area contributed by atoms with Crippen molar-refractivity contribution in [1.29, 1.82) is 0 Å². The molecule has 3 N–H and O–H groups in total. The Labute approximate surface area is 120 Å². The van der Waals surface area contributed by atoms with Gasteiger partial charge in [-0.3, -0.25) is 4.79 Å². The van der Waals surface area contributed by atoms with Crippen molar-refractivity contribution in [3.8, 4) is 0 Å². The first kappa shape index (κ1) is 13.6. The molecule has 0 radical (unpaired) electrons. The zero-order chi connectivity index (χ0) is 13.8. The van der Waals surface area contributed by atoms with Crippen molar-refractivity contribution in [3.63, 3.8) is 0 Å². The van der Waals surface area contributed by atoms with Crippen LogP contribution in [0.2, 0.25) is 0 Å². The van der Waals surface area contributed by atoms with Crippen LogP contribution in [0.15, 0.2) is 53.0 Å². The van der Waals surface area contributed by atoms with Crippen LogP contribution in [0.3, 0.4) is 0 Å². The number of carboxylic acids is 1. The summed E-state index contributed by atoms with van der Waals surface area (Å²) in [6, 6.07) is 14.7. The van der Waals surface area contributed by atoms with Crippen molar-refractivity contribution >= 4 is 27.6 Å². The monoisotopic (exact) mass is 319 g/mol. The second-order valence-corrected chi connectivity index (χ2v) is 5.30. The number of rotatable bonds is 4. The number of nitrogen functional groups attached to an aromatic ring is 1. The fraction of sp³-hybridized carbons (Fsp3) is 0.133. The van der Waals surface area contributed by atoms with E-state index in [2.05, 4.69) is 15.9 Å². The third kappa shape index (κ3) is 3.58. The molecule has 0 aliphatic rings. The van der Waals surface area contributed by atoms with Crippen LogP contribution in [0.25, 0.3) is 0 Å². The molecule has 2 aromatic carbocycles. The number of benzene rings is 2. The minimum absolute atomic E-state index is 0.465. The van der Waals surface area contributed by atoms with E-state index < -0.39 is 11.9 Å². The van der Waals surface area contributed by atoms with Crippen molar-refractivity contribution in [2.45, 2.75) is 12.3 Å². The van der Waals surface area contributed by atoms with Crippen LogP contribution in [0.1, 0.15) is 17.0 Å². The molecule has 0 saturated carbocycles. The van der Waals surface area contributed by atoms with Gasteiger partial charge in [0, 0.05) is 10.2 Å². The van der Waals surface area contributed by atoms with Crippen molar-refractivity contribution in [2.24, 2.45) is 0 Å². The summed E-state index contributed by atoms with van der Waals surface area (Å²) >= 11 is 3.36. The normalized spacial score (nSPS) is 12.1. The van der Waals surface area contributed by atoms with Gasteiger partial charge in [-0.25, -0.2) is 0 Å². The van der Waals surface area contributed by atoms with Crippen LogP contribution < -0.4 is 5.73 Å². The van der Waals surface area contributed by atoms with E-state index >= 15 is 0 Å². The number of aliphatic carboxylic acids is 1. The van der Waals surface area contributed by atoms with E-state index in [0.29, 0.717) is 12.1 Å². The molecular weight excluding hydrogens is 306 g/mol. The molecule has 0 aliphatic carbocycles. The Bertz CT molecular complexity index is 564. The van der Waals surface area contributed by atoms with Crippen LogP contribution >= 0.6 is 15.9 Å². The highest BCUT2D eigenvalue weighted by atomic mass is 79.9. The number of nitrogens with two attached hydrogens (primary N) is 1. The maximum Gasteiger partial charge on any atom is 0.311 e. The Kier molecular flexibility index (Phi) is 4.22. The van der Waals surface area contributed by atoms with Crippen molar-refractivity contribution in [2.75, 3.05) is 5.73 Å². The van der Waals surface area contributed by atoms with Crippen LogP contribution in [0.4, 0.5) is 5.69 Å². The molecule has 0 bridgehead atoms. The molecule has 0 saturated heterocycles. The second kappa shape index (κ2) is 5.89. The Morgan fingerprint density at radius 2 is 1.68 bits per heavy atom. The molecule has 0 heterocycles. The molecule has 3 nitrogen and oxygen atoms in total. The second-order valence-electron chi connectivity index (χ2n) is 4.39. The lowest BCUT2D eigenvalue weighted by molar-refractivity contribution is -0.138. The molecular formula is C15H14BrNO2. The smallest absolute Gasteiger partial charge is 0.311 e. The Balaban J connectivity index is 2.23. The lowest BCUT2D eigenvalue weighted by atomic mass is 9.92. The highest BCUT2D eigenvalue weighted by Crippen LogP contribution is 2.23. The van der Waals surface area contributed by atoms with Gasteiger partial charge in [0.15, 0.2) is 0 Å². The summed E-state index contributed by atoms with van der Waals surface area (Å²) in [5.41, 5.74) is 8.02. The number of hydrogen-bond acceptors (Lipinski definition) is 2. The Morgan fingerprint density at radius 3 is 2.21 bits per heavy atom. The van der Waals surface area contributed by atoms with Gasteiger partial charge in [-0.1, -0.05) is 40.2 Å². The lowest BCUT2D eigenvalue weighted by Crippen LogP contribution is -2.14. The van der Waals surface area contributed by atoms with Gasteiger partial charge in [-0.05, 0) is 41.8 Å². The quantitative estimate of drug-likeness (QED) is 0.848. The van der Waals surface area contributed by atoms with Crippen molar-refractivity contribution in [3.05, 3.63) is 64.1 Å². The molecule has 1 atom stereocenters. The third-order valence-electron chi connectivity index (χ3n) is 2.99. The SMILES string of the molecule is Nc1ccc([C@@H](Cc2ccc(Br)cc2)C(=O)O)cc1. The summed E-state index contributed by atoms with van der Waals surface area (Å²) in [6.45, 7) is 0. The number of halogens is 1. The van der Waals surface area contributed by atoms with Gasteiger partial charge >= 0.3 is 5.97 Å². The predicted octanol–water partition coefficient (Wildman–Crippen LogP) is 3.44.